The van der Waals surface area contributed by atoms with Crippen LogP contribution in [0.5, 0.6) is 0 Å². The molecule has 0 saturated heterocycles. The van der Waals surface area contributed by atoms with Crippen molar-refractivity contribution in [1.29, 1.82) is 0 Å². The predicted octanol–water partition coefficient (Wildman–Crippen LogP) is 1.91. The Bertz CT molecular complexity index is 627. The highest BCUT2D eigenvalue weighted by atomic mass is 19.1. The fraction of sp³-hybridized carbons (Fsp3) is 0.526. The fourth-order valence-electron chi connectivity index (χ4n) is 2.07. The van der Waals surface area contributed by atoms with E-state index >= 15 is 0 Å². The minimum absolute atomic E-state index is 0.149. The summed E-state index contributed by atoms with van der Waals surface area (Å²) in [7, 11) is 0. The molecule has 0 radical (unpaired) electrons. The van der Waals surface area contributed by atoms with Crippen molar-refractivity contribution in [2.24, 2.45) is 0 Å². The van der Waals surface area contributed by atoms with E-state index in [9.17, 15) is 18.8 Å². The molecule has 0 saturated carbocycles. The molecule has 0 aliphatic heterocycles. The van der Waals surface area contributed by atoms with E-state index in [1.54, 1.807) is 32.9 Å². The van der Waals surface area contributed by atoms with E-state index in [4.69, 9.17) is 4.74 Å². The molecule has 3 amide bonds. The molecule has 7 nitrogen and oxygen atoms in total. The number of alkyl carbamates (subject to hydrolysis) is 1. The second-order valence-corrected chi connectivity index (χ2v) is 7.04. The predicted molar refractivity (Wildman–Crippen MR) is 99.6 cm³/mol. The highest BCUT2D eigenvalue weighted by molar-refractivity contribution is 5.78. The summed E-state index contributed by atoms with van der Waals surface area (Å²) in [6.07, 6.45) is 0.360. The second kappa shape index (κ2) is 11.2. The molecule has 0 heterocycles. The van der Waals surface area contributed by atoms with Crippen LogP contribution in [-0.2, 0) is 20.7 Å². The van der Waals surface area contributed by atoms with Crippen molar-refractivity contribution in [1.82, 2.24) is 16.0 Å². The Kier molecular flexibility index (Phi) is 9.25. The molecule has 0 fully saturated rings. The molecule has 8 heteroatoms. The standard InChI is InChI=1S/C19H28FN3O4/c1-19(2,3)27-18(26)23-12-9-16(24)21-10-4-11-22-17(25)13-14-5-7-15(20)8-6-14/h5-8H,4,9-13H2,1-3H3,(H,21,24)(H,22,25)(H,23,26). The van der Waals surface area contributed by atoms with Gasteiger partial charge in [-0.25, -0.2) is 9.18 Å². The van der Waals surface area contributed by atoms with Gasteiger partial charge >= 0.3 is 6.09 Å². The van der Waals surface area contributed by atoms with Gasteiger partial charge in [-0.2, -0.15) is 0 Å². The van der Waals surface area contributed by atoms with Crippen LogP contribution >= 0.6 is 0 Å². The third-order valence-electron chi connectivity index (χ3n) is 3.30. The highest BCUT2D eigenvalue weighted by Gasteiger charge is 2.15. The van der Waals surface area contributed by atoms with Crippen LogP contribution < -0.4 is 16.0 Å². The number of nitrogens with one attached hydrogen (secondary N) is 3. The maximum absolute atomic E-state index is 12.8. The number of carbonyl (C=O) groups is 3. The lowest BCUT2D eigenvalue weighted by molar-refractivity contribution is -0.121. The largest absolute Gasteiger partial charge is 0.444 e. The lowest BCUT2D eigenvalue weighted by Gasteiger charge is -2.19. The molecule has 0 aromatic heterocycles. The number of benzene rings is 1. The minimum Gasteiger partial charge on any atom is -0.444 e. The van der Waals surface area contributed by atoms with Crippen LogP contribution in [0, 0.1) is 5.82 Å². The van der Waals surface area contributed by atoms with Crippen LogP contribution in [0.1, 0.15) is 39.2 Å². The van der Waals surface area contributed by atoms with Crippen molar-refractivity contribution in [3.8, 4) is 0 Å². The quantitative estimate of drug-likeness (QED) is 0.569. The number of carbonyl (C=O) groups excluding carboxylic acids is 3. The van der Waals surface area contributed by atoms with Crippen LogP contribution in [0.2, 0.25) is 0 Å². The summed E-state index contributed by atoms with van der Waals surface area (Å²) in [5.74, 6) is -0.686. The van der Waals surface area contributed by atoms with Crippen LogP contribution in [-0.4, -0.2) is 43.1 Å². The summed E-state index contributed by atoms with van der Waals surface area (Å²) in [4.78, 5) is 34.8. The number of halogens is 1. The van der Waals surface area contributed by atoms with Gasteiger partial charge < -0.3 is 20.7 Å². The van der Waals surface area contributed by atoms with Gasteiger partial charge in [0.15, 0.2) is 0 Å². The Balaban J connectivity index is 2.05. The molecule has 1 aromatic carbocycles. The molecule has 0 unspecified atom stereocenters. The fourth-order valence-corrected chi connectivity index (χ4v) is 2.07. The molecule has 0 aliphatic carbocycles. The van der Waals surface area contributed by atoms with Gasteiger partial charge in [0.25, 0.3) is 0 Å². The lowest BCUT2D eigenvalue weighted by Crippen LogP contribution is -2.35. The Labute approximate surface area is 159 Å². The molecule has 0 aliphatic rings. The zero-order valence-electron chi connectivity index (χ0n) is 16.1. The third kappa shape index (κ3) is 11.6. The number of hydrogen-bond acceptors (Lipinski definition) is 4. The van der Waals surface area contributed by atoms with Gasteiger partial charge in [-0.3, -0.25) is 9.59 Å². The van der Waals surface area contributed by atoms with Crippen LogP contribution in [0.25, 0.3) is 0 Å². The number of amides is 3. The molecule has 1 rings (SSSR count). The van der Waals surface area contributed by atoms with Crippen LogP contribution in [0.4, 0.5) is 9.18 Å². The van der Waals surface area contributed by atoms with E-state index in [1.165, 1.54) is 12.1 Å². The molecular formula is C19H28FN3O4. The monoisotopic (exact) mass is 381 g/mol. The smallest absolute Gasteiger partial charge is 0.407 e. The zero-order valence-corrected chi connectivity index (χ0v) is 16.1. The first-order valence-corrected chi connectivity index (χ1v) is 8.90. The summed E-state index contributed by atoms with van der Waals surface area (Å²) in [5.41, 5.74) is 0.160. The molecule has 1 aromatic rings. The summed E-state index contributed by atoms with van der Waals surface area (Å²) in [5, 5.41) is 7.96. The van der Waals surface area contributed by atoms with E-state index < -0.39 is 11.7 Å². The van der Waals surface area contributed by atoms with E-state index in [2.05, 4.69) is 16.0 Å². The van der Waals surface area contributed by atoms with Crippen molar-refractivity contribution < 1.29 is 23.5 Å². The second-order valence-electron chi connectivity index (χ2n) is 7.04. The van der Waals surface area contributed by atoms with E-state index in [0.717, 1.165) is 5.56 Å². The Hall–Kier alpha value is -2.64. The van der Waals surface area contributed by atoms with Gasteiger partial charge in [-0.05, 0) is 44.9 Å². The molecule has 0 atom stereocenters. The maximum atomic E-state index is 12.8. The summed E-state index contributed by atoms with van der Waals surface area (Å²) < 4.78 is 17.9. The first kappa shape index (κ1) is 22.4. The van der Waals surface area contributed by atoms with Crippen LogP contribution in [0.3, 0.4) is 0 Å². The average Bonchev–Trinajstić information content (AvgIpc) is 2.55. The third-order valence-corrected chi connectivity index (χ3v) is 3.30. The zero-order chi connectivity index (χ0) is 20.3. The average molecular weight is 381 g/mol. The summed E-state index contributed by atoms with van der Waals surface area (Å²) >= 11 is 0. The van der Waals surface area contributed by atoms with E-state index in [-0.39, 0.29) is 37.0 Å². The molecule has 0 spiro atoms. The van der Waals surface area contributed by atoms with Gasteiger partial charge in [0.2, 0.25) is 11.8 Å². The summed E-state index contributed by atoms with van der Waals surface area (Å²) in [6, 6.07) is 5.77. The minimum atomic E-state index is -0.576. The molecule has 27 heavy (non-hydrogen) atoms. The van der Waals surface area contributed by atoms with Gasteiger partial charge in [0.1, 0.15) is 11.4 Å². The topological polar surface area (TPSA) is 96.5 Å². The Morgan fingerprint density at radius 2 is 1.52 bits per heavy atom. The molecule has 3 N–H and O–H groups in total. The van der Waals surface area contributed by atoms with E-state index in [0.29, 0.717) is 19.5 Å². The Morgan fingerprint density at radius 1 is 0.926 bits per heavy atom. The van der Waals surface area contributed by atoms with Crippen molar-refractivity contribution in [2.45, 2.75) is 45.6 Å². The maximum Gasteiger partial charge on any atom is 0.407 e. The van der Waals surface area contributed by atoms with E-state index in [1.807, 2.05) is 0 Å². The lowest BCUT2D eigenvalue weighted by atomic mass is 10.1. The molecule has 150 valence electrons. The van der Waals surface area contributed by atoms with Crippen LogP contribution in [0.15, 0.2) is 24.3 Å². The first-order valence-electron chi connectivity index (χ1n) is 8.90. The van der Waals surface area contributed by atoms with Crippen molar-refractivity contribution >= 4 is 17.9 Å². The normalized spacial score (nSPS) is 10.8. The number of ether oxygens (including phenoxy) is 1. The summed E-state index contributed by atoms with van der Waals surface area (Å²) in [6.45, 7) is 6.32. The van der Waals surface area contributed by atoms with Gasteiger partial charge in [0.05, 0.1) is 6.42 Å². The van der Waals surface area contributed by atoms with Gasteiger partial charge in [-0.1, -0.05) is 12.1 Å². The highest BCUT2D eigenvalue weighted by Crippen LogP contribution is 2.06. The van der Waals surface area contributed by atoms with Gasteiger partial charge in [-0.15, -0.1) is 0 Å². The van der Waals surface area contributed by atoms with Crippen molar-refractivity contribution in [3.05, 3.63) is 35.6 Å². The first-order chi connectivity index (χ1) is 12.7. The van der Waals surface area contributed by atoms with Crippen molar-refractivity contribution in [2.75, 3.05) is 19.6 Å². The van der Waals surface area contributed by atoms with Gasteiger partial charge in [0, 0.05) is 26.1 Å². The molecular weight excluding hydrogens is 353 g/mol. The van der Waals surface area contributed by atoms with Crippen molar-refractivity contribution in [3.63, 3.8) is 0 Å². The number of hydrogen-bond donors (Lipinski definition) is 3. The molecule has 0 bridgehead atoms. The number of rotatable bonds is 9. The SMILES string of the molecule is CC(C)(C)OC(=O)NCCC(=O)NCCCNC(=O)Cc1ccc(F)cc1. The Morgan fingerprint density at radius 3 is 2.11 bits per heavy atom.